The third-order valence-corrected chi connectivity index (χ3v) is 4.68. The summed E-state index contributed by atoms with van der Waals surface area (Å²) in [5.41, 5.74) is 3.21. The minimum Gasteiger partial charge on any atom is -0.489 e. The van der Waals surface area contributed by atoms with Crippen LogP contribution in [0.4, 0.5) is 10.5 Å². The maximum absolute atomic E-state index is 12.4. The van der Waals surface area contributed by atoms with Gasteiger partial charge >= 0.3 is 6.03 Å². The zero-order chi connectivity index (χ0) is 17.8. The summed E-state index contributed by atoms with van der Waals surface area (Å²) in [7, 11) is 0. The van der Waals surface area contributed by atoms with Crippen molar-refractivity contribution in [2.24, 2.45) is 0 Å². The predicted octanol–water partition coefficient (Wildman–Crippen LogP) is 4.43. The Labute approximate surface area is 153 Å². The van der Waals surface area contributed by atoms with E-state index in [-0.39, 0.29) is 12.1 Å². The Kier molecular flexibility index (Phi) is 5.43. The summed E-state index contributed by atoms with van der Waals surface area (Å²) in [6.45, 7) is 5.42. The fraction of sp³-hybridized carbons (Fsp3) is 0.368. The third-order valence-electron chi connectivity index (χ3n) is 4.47. The van der Waals surface area contributed by atoms with Crippen LogP contribution in [0, 0.1) is 13.8 Å². The molecule has 0 radical (unpaired) electrons. The van der Waals surface area contributed by atoms with Gasteiger partial charge < -0.3 is 15.0 Å². The van der Waals surface area contributed by atoms with Gasteiger partial charge in [0.15, 0.2) is 0 Å². The second kappa shape index (κ2) is 7.74. The first kappa shape index (κ1) is 17.5. The lowest BCUT2D eigenvalue weighted by Gasteiger charge is -2.32. The largest absolute Gasteiger partial charge is 0.489 e. The number of carbonyl (C=O) groups is 1. The number of amides is 2. The highest BCUT2D eigenvalue weighted by Crippen LogP contribution is 2.22. The number of benzene rings is 1. The monoisotopic (exact) mass is 359 g/mol. The van der Waals surface area contributed by atoms with Crippen LogP contribution >= 0.6 is 11.6 Å². The first-order valence-corrected chi connectivity index (χ1v) is 8.79. The van der Waals surface area contributed by atoms with Crippen molar-refractivity contribution in [3.63, 3.8) is 0 Å². The molecule has 132 valence electrons. The molecule has 1 aromatic carbocycles. The summed E-state index contributed by atoms with van der Waals surface area (Å²) >= 11 is 5.92. The van der Waals surface area contributed by atoms with E-state index in [0.29, 0.717) is 23.9 Å². The fourth-order valence-electron chi connectivity index (χ4n) is 2.85. The van der Waals surface area contributed by atoms with E-state index in [1.165, 1.54) is 11.1 Å². The molecule has 0 unspecified atom stereocenters. The van der Waals surface area contributed by atoms with Gasteiger partial charge in [0.1, 0.15) is 11.9 Å². The number of ether oxygens (including phenoxy) is 1. The lowest BCUT2D eigenvalue weighted by Crippen LogP contribution is -2.43. The molecule has 3 rings (SSSR count). The second-order valence-corrected chi connectivity index (χ2v) is 6.81. The van der Waals surface area contributed by atoms with Crippen molar-refractivity contribution >= 4 is 23.3 Å². The van der Waals surface area contributed by atoms with Crippen LogP contribution in [0.1, 0.15) is 24.0 Å². The van der Waals surface area contributed by atoms with Gasteiger partial charge in [-0.25, -0.2) is 4.79 Å². The van der Waals surface area contributed by atoms with Crippen molar-refractivity contribution in [1.82, 2.24) is 9.88 Å². The highest BCUT2D eigenvalue weighted by atomic mass is 35.5. The maximum Gasteiger partial charge on any atom is 0.321 e. The normalized spacial score (nSPS) is 15.1. The van der Waals surface area contributed by atoms with Gasteiger partial charge in [-0.15, -0.1) is 0 Å². The van der Waals surface area contributed by atoms with E-state index >= 15 is 0 Å². The molecule has 25 heavy (non-hydrogen) atoms. The van der Waals surface area contributed by atoms with Crippen LogP contribution in [0.3, 0.4) is 0 Å². The van der Waals surface area contributed by atoms with E-state index in [9.17, 15) is 4.79 Å². The molecule has 0 bridgehead atoms. The van der Waals surface area contributed by atoms with Gasteiger partial charge in [0.25, 0.3) is 0 Å². The molecule has 1 N–H and O–H groups in total. The number of likely N-dealkylation sites (tertiary alicyclic amines) is 1. The van der Waals surface area contributed by atoms with E-state index in [1.54, 1.807) is 18.5 Å². The number of hydrogen-bond acceptors (Lipinski definition) is 3. The number of aromatic nitrogens is 1. The lowest BCUT2D eigenvalue weighted by molar-refractivity contribution is 0.115. The van der Waals surface area contributed by atoms with E-state index in [0.717, 1.165) is 18.5 Å². The number of hydrogen-bond donors (Lipinski definition) is 1. The Morgan fingerprint density at radius 2 is 1.96 bits per heavy atom. The van der Waals surface area contributed by atoms with E-state index in [1.807, 2.05) is 30.0 Å². The molecule has 0 atom stereocenters. The number of nitrogens with zero attached hydrogens (tertiary/aromatic N) is 2. The molecule has 1 aromatic heterocycles. The van der Waals surface area contributed by atoms with Gasteiger partial charge in [-0.3, -0.25) is 4.98 Å². The summed E-state index contributed by atoms with van der Waals surface area (Å²) in [6, 6.07) is 7.64. The van der Waals surface area contributed by atoms with Crippen LogP contribution in [-0.4, -0.2) is 35.1 Å². The Balaban J connectivity index is 1.51. The third kappa shape index (κ3) is 4.63. The lowest BCUT2D eigenvalue weighted by atomic mass is 10.1. The molecule has 0 saturated carbocycles. The number of rotatable bonds is 3. The van der Waals surface area contributed by atoms with Crippen molar-refractivity contribution in [2.75, 3.05) is 18.4 Å². The molecule has 0 spiro atoms. The van der Waals surface area contributed by atoms with Crippen LogP contribution < -0.4 is 10.1 Å². The van der Waals surface area contributed by atoms with E-state index in [2.05, 4.69) is 17.2 Å². The van der Waals surface area contributed by atoms with Crippen molar-refractivity contribution < 1.29 is 9.53 Å². The first-order chi connectivity index (χ1) is 12.0. The summed E-state index contributed by atoms with van der Waals surface area (Å²) < 4.78 is 5.91. The molecule has 2 aromatic rings. The minimum atomic E-state index is -0.0638. The molecule has 5 nitrogen and oxygen atoms in total. The van der Waals surface area contributed by atoms with Crippen molar-refractivity contribution in [3.8, 4) is 5.75 Å². The van der Waals surface area contributed by atoms with Crippen LogP contribution in [0.25, 0.3) is 0 Å². The summed E-state index contributed by atoms with van der Waals surface area (Å²) in [5.74, 6) is 0.672. The Morgan fingerprint density at radius 3 is 2.64 bits per heavy atom. The van der Waals surface area contributed by atoms with Gasteiger partial charge in [-0.1, -0.05) is 17.7 Å². The highest BCUT2D eigenvalue weighted by Gasteiger charge is 2.24. The molecular formula is C19H22ClN3O2. The second-order valence-electron chi connectivity index (χ2n) is 6.37. The molecule has 6 heteroatoms. The summed E-state index contributed by atoms with van der Waals surface area (Å²) in [4.78, 5) is 18.3. The van der Waals surface area contributed by atoms with Crippen LogP contribution in [0.5, 0.6) is 5.75 Å². The fourth-order valence-corrected chi connectivity index (χ4v) is 3.01. The van der Waals surface area contributed by atoms with E-state index < -0.39 is 0 Å². The molecule has 1 fully saturated rings. The van der Waals surface area contributed by atoms with Crippen LogP contribution in [-0.2, 0) is 0 Å². The standard InChI is InChI=1S/C19H22ClN3O2/c1-13-3-4-16(9-14(13)2)22-19(24)23-7-5-17(6-8-23)25-18-10-15(20)11-21-12-18/h3-4,9-12,17H,5-8H2,1-2H3,(H,22,24). The summed E-state index contributed by atoms with van der Waals surface area (Å²) in [5, 5.41) is 3.53. The number of carbonyl (C=O) groups excluding carboxylic acids is 1. The molecule has 1 aliphatic rings. The van der Waals surface area contributed by atoms with Gasteiger partial charge in [0.05, 0.1) is 11.2 Å². The average molecular weight is 360 g/mol. The van der Waals surface area contributed by atoms with E-state index in [4.69, 9.17) is 16.3 Å². The summed E-state index contributed by atoms with van der Waals surface area (Å²) in [6.07, 6.45) is 4.88. The van der Waals surface area contributed by atoms with Crippen molar-refractivity contribution in [3.05, 3.63) is 52.8 Å². The molecule has 0 aliphatic carbocycles. The average Bonchev–Trinajstić information content (AvgIpc) is 2.59. The number of anilines is 1. The maximum atomic E-state index is 12.4. The van der Waals surface area contributed by atoms with Gasteiger partial charge in [-0.2, -0.15) is 0 Å². The minimum absolute atomic E-state index is 0.0638. The molecule has 2 heterocycles. The quantitative estimate of drug-likeness (QED) is 0.882. The van der Waals surface area contributed by atoms with Crippen molar-refractivity contribution in [1.29, 1.82) is 0 Å². The smallest absolute Gasteiger partial charge is 0.321 e. The number of pyridine rings is 1. The zero-order valence-corrected chi connectivity index (χ0v) is 15.2. The first-order valence-electron chi connectivity index (χ1n) is 8.41. The molecule has 1 aliphatic heterocycles. The molecule has 2 amide bonds. The number of urea groups is 1. The number of nitrogens with one attached hydrogen (secondary N) is 1. The predicted molar refractivity (Wildman–Crippen MR) is 99.4 cm³/mol. The molecule has 1 saturated heterocycles. The zero-order valence-electron chi connectivity index (χ0n) is 14.5. The Morgan fingerprint density at radius 1 is 1.20 bits per heavy atom. The number of piperidine rings is 1. The van der Waals surface area contributed by atoms with Gasteiger partial charge in [-0.05, 0) is 37.1 Å². The molecular weight excluding hydrogens is 338 g/mol. The highest BCUT2D eigenvalue weighted by molar-refractivity contribution is 6.30. The van der Waals surface area contributed by atoms with Crippen molar-refractivity contribution in [2.45, 2.75) is 32.8 Å². The van der Waals surface area contributed by atoms with Crippen LogP contribution in [0.2, 0.25) is 5.02 Å². The Bertz CT molecular complexity index is 758. The van der Waals surface area contributed by atoms with Crippen LogP contribution in [0.15, 0.2) is 36.7 Å². The van der Waals surface area contributed by atoms with Gasteiger partial charge in [0, 0.05) is 43.9 Å². The number of aryl methyl sites for hydroxylation is 2. The Hall–Kier alpha value is -2.27. The van der Waals surface area contributed by atoms with Gasteiger partial charge in [0.2, 0.25) is 0 Å². The number of halogens is 1. The topological polar surface area (TPSA) is 54.5 Å². The SMILES string of the molecule is Cc1ccc(NC(=O)N2CCC(Oc3cncc(Cl)c3)CC2)cc1C.